The van der Waals surface area contributed by atoms with Gasteiger partial charge in [0.15, 0.2) is 0 Å². The highest BCUT2D eigenvalue weighted by Gasteiger charge is 2.05. The summed E-state index contributed by atoms with van der Waals surface area (Å²) in [4.78, 5) is 0. The van der Waals surface area contributed by atoms with Crippen LogP contribution >= 0.6 is 12.4 Å². The molecule has 0 aliphatic carbocycles. The minimum Gasteiger partial charge on any atom is -0.377 e. The zero-order valence-electron chi connectivity index (χ0n) is 11.7. The van der Waals surface area contributed by atoms with Crippen LogP contribution < -0.4 is 5.32 Å². The number of anilines is 1. The third-order valence-electron chi connectivity index (χ3n) is 2.77. The summed E-state index contributed by atoms with van der Waals surface area (Å²) >= 11 is 0. The average molecular weight is 284 g/mol. The van der Waals surface area contributed by atoms with Crippen LogP contribution in [-0.4, -0.2) is 19.6 Å². The van der Waals surface area contributed by atoms with Gasteiger partial charge in [0.25, 0.3) is 0 Å². The van der Waals surface area contributed by atoms with Gasteiger partial charge < -0.3 is 5.32 Å². The van der Waals surface area contributed by atoms with Crippen molar-refractivity contribution in [2.45, 2.75) is 40.4 Å². The van der Waals surface area contributed by atoms with Crippen LogP contribution in [-0.2, 0) is 19.6 Å². The van der Waals surface area contributed by atoms with Gasteiger partial charge in [0.05, 0.1) is 24.1 Å². The molecule has 2 rings (SSSR count). The van der Waals surface area contributed by atoms with E-state index in [2.05, 4.69) is 47.0 Å². The summed E-state index contributed by atoms with van der Waals surface area (Å²) in [5.41, 5.74) is 2.25. The molecule has 0 aliphatic heterocycles. The van der Waals surface area contributed by atoms with Crippen molar-refractivity contribution in [3.05, 3.63) is 30.4 Å². The molecule has 0 saturated heterocycles. The highest BCUT2D eigenvalue weighted by molar-refractivity contribution is 5.85. The molecular weight excluding hydrogens is 262 g/mol. The lowest BCUT2D eigenvalue weighted by Crippen LogP contribution is -2.12. The molecule has 0 amide bonds. The minimum absolute atomic E-state index is 0. The van der Waals surface area contributed by atoms with Gasteiger partial charge in [-0.05, 0) is 18.9 Å². The van der Waals surface area contributed by atoms with Gasteiger partial charge in [-0.15, -0.1) is 12.4 Å². The van der Waals surface area contributed by atoms with Crippen LogP contribution in [0.5, 0.6) is 0 Å². The van der Waals surface area contributed by atoms with Crippen molar-refractivity contribution in [3.63, 3.8) is 0 Å². The van der Waals surface area contributed by atoms with E-state index < -0.39 is 0 Å². The standard InChI is InChI=1S/C13H21N5.ClH/c1-4-17-10-12(7-16-17)14-8-13-5-6-15-18(13)9-11(2)3;/h5-7,10-11,14H,4,8-9H2,1-3H3;1H. The van der Waals surface area contributed by atoms with Gasteiger partial charge in [0.2, 0.25) is 0 Å². The Morgan fingerprint density at radius 1 is 1.32 bits per heavy atom. The first-order chi connectivity index (χ1) is 8.69. The number of aryl methyl sites for hydroxylation is 1. The van der Waals surface area contributed by atoms with Crippen LogP contribution in [0.2, 0.25) is 0 Å². The Hall–Kier alpha value is -1.49. The van der Waals surface area contributed by atoms with E-state index in [1.807, 2.05) is 23.3 Å². The molecule has 5 nitrogen and oxygen atoms in total. The van der Waals surface area contributed by atoms with E-state index in [0.29, 0.717) is 5.92 Å². The number of nitrogens with one attached hydrogen (secondary N) is 1. The maximum absolute atomic E-state index is 4.35. The largest absolute Gasteiger partial charge is 0.377 e. The Bertz CT molecular complexity index is 489. The van der Waals surface area contributed by atoms with Crippen LogP contribution in [0.15, 0.2) is 24.7 Å². The summed E-state index contributed by atoms with van der Waals surface area (Å²) in [6.45, 7) is 9.11. The molecule has 0 fully saturated rings. The fraction of sp³-hybridized carbons (Fsp3) is 0.538. The SMILES string of the molecule is CCn1cc(NCc2ccnn2CC(C)C)cn1.Cl. The van der Waals surface area contributed by atoms with E-state index >= 15 is 0 Å². The van der Waals surface area contributed by atoms with E-state index in [0.717, 1.165) is 25.3 Å². The Kier molecular flexibility index (Phi) is 5.89. The smallest absolute Gasteiger partial charge is 0.0729 e. The Morgan fingerprint density at radius 2 is 2.11 bits per heavy atom. The van der Waals surface area contributed by atoms with E-state index in [1.165, 1.54) is 5.69 Å². The molecule has 19 heavy (non-hydrogen) atoms. The number of nitrogens with zero attached hydrogens (tertiary/aromatic N) is 4. The van der Waals surface area contributed by atoms with Crippen molar-refractivity contribution in [2.75, 3.05) is 5.32 Å². The molecular formula is C13H22ClN5. The molecule has 2 aromatic rings. The van der Waals surface area contributed by atoms with Crippen LogP contribution in [0, 0.1) is 5.92 Å². The molecule has 0 spiro atoms. The summed E-state index contributed by atoms with van der Waals surface area (Å²) in [6, 6.07) is 2.06. The van der Waals surface area contributed by atoms with Crippen molar-refractivity contribution in [1.82, 2.24) is 19.6 Å². The topological polar surface area (TPSA) is 47.7 Å². The van der Waals surface area contributed by atoms with Gasteiger partial charge in [-0.1, -0.05) is 13.8 Å². The van der Waals surface area contributed by atoms with Crippen LogP contribution in [0.1, 0.15) is 26.5 Å². The van der Waals surface area contributed by atoms with Crippen LogP contribution in [0.4, 0.5) is 5.69 Å². The van der Waals surface area contributed by atoms with Crippen molar-refractivity contribution in [2.24, 2.45) is 5.92 Å². The van der Waals surface area contributed by atoms with Gasteiger partial charge in [-0.2, -0.15) is 10.2 Å². The number of aromatic nitrogens is 4. The number of hydrogen-bond acceptors (Lipinski definition) is 3. The molecule has 2 aromatic heterocycles. The van der Waals surface area contributed by atoms with Crippen molar-refractivity contribution < 1.29 is 0 Å². The molecule has 0 saturated carbocycles. The first-order valence-electron chi connectivity index (χ1n) is 6.46. The number of hydrogen-bond donors (Lipinski definition) is 1. The molecule has 0 bridgehead atoms. The highest BCUT2D eigenvalue weighted by atomic mass is 35.5. The van der Waals surface area contributed by atoms with Crippen molar-refractivity contribution in [1.29, 1.82) is 0 Å². The quantitative estimate of drug-likeness (QED) is 0.887. The highest BCUT2D eigenvalue weighted by Crippen LogP contribution is 2.09. The molecule has 2 heterocycles. The molecule has 0 radical (unpaired) electrons. The minimum atomic E-state index is 0. The van der Waals surface area contributed by atoms with Crippen molar-refractivity contribution >= 4 is 18.1 Å². The number of halogens is 1. The van der Waals surface area contributed by atoms with Gasteiger partial charge in [-0.3, -0.25) is 9.36 Å². The zero-order valence-corrected chi connectivity index (χ0v) is 12.5. The van der Waals surface area contributed by atoms with Gasteiger partial charge in [0, 0.05) is 25.5 Å². The maximum Gasteiger partial charge on any atom is 0.0729 e. The molecule has 1 N–H and O–H groups in total. The molecule has 6 heteroatoms. The lowest BCUT2D eigenvalue weighted by atomic mass is 10.2. The zero-order chi connectivity index (χ0) is 13.0. The summed E-state index contributed by atoms with van der Waals surface area (Å²) in [6.07, 6.45) is 5.73. The summed E-state index contributed by atoms with van der Waals surface area (Å²) in [7, 11) is 0. The fourth-order valence-electron chi connectivity index (χ4n) is 1.84. The predicted molar refractivity (Wildman–Crippen MR) is 79.5 cm³/mol. The molecule has 0 aromatic carbocycles. The Morgan fingerprint density at radius 3 is 2.74 bits per heavy atom. The van der Waals surface area contributed by atoms with Gasteiger partial charge >= 0.3 is 0 Å². The first-order valence-corrected chi connectivity index (χ1v) is 6.46. The molecule has 0 unspecified atom stereocenters. The monoisotopic (exact) mass is 283 g/mol. The second kappa shape index (κ2) is 7.19. The van der Waals surface area contributed by atoms with Gasteiger partial charge in [0.1, 0.15) is 0 Å². The van der Waals surface area contributed by atoms with E-state index in [1.54, 1.807) is 0 Å². The molecule has 0 aliphatic rings. The number of rotatable bonds is 6. The third-order valence-corrected chi connectivity index (χ3v) is 2.77. The first kappa shape index (κ1) is 15.6. The lowest BCUT2D eigenvalue weighted by molar-refractivity contribution is 0.470. The lowest BCUT2D eigenvalue weighted by Gasteiger charge is -2.10. The van der Waals surface area contributed by atoms with Crippen molar-refractivity contribution in [3.8, 4) is 0 Å². The maximum atomic E-state index is 4.35. The second-order valence-electron chi connectivity index (χ2n) is 4.84. The summed E-state index contributed by atoms with van der Waals surface area (Å²) in [5, 5.41) is 12.0. The molecule has 0 atom stereocenters. The normalized spacial score (nSPS) is 10.5. The van der Waals surface area contributed by atoms with Crippen LogP contribution in [0.3, 0.4) is 0 Å². The Labute approximate surface area is 120 Å². The third kappa shape index (κ3) is 4.28. The average Bonchev–Trinajstić information content (AvgIpc) is 2.94. The predicted octanol–water partition coefficient (Wildman–Crippen LogP) is 2.79. The van der Waals surface area contributed by atoms with E-state index in [4.69, 9.17) is 0 Å². The van der Waals surface area contributed by atoms with Gasteiger partial charge in [-0.25, -0.2) is 0 Å². The molecule has 106 valence electrons. The second-order valence-corrected chi connectivity index (χ2v) is 4.84. The van der Waals surface area contributed by atoms with E-state index in [9.17, 15) is 0 Å². The summed E-state index contributed by atoms with van der Waals surface area (Å²) < 4.78 is 3.97. The fourth-order valence-corrected chi connectivity index (χ4v) is 1.84. The Balaban J connectivity index is 0.00000180. The van der Waals surface area contributed by atoms with Crippen LogP contribution in [0.25, 0.3) is 0 Å². The summed E-state index contributed by atoms with van der Waals surface area (Å²) in [5.74, 6) is 0.603. The van der Waals surface area contributed by atoms with E-state index in [-0.39, 0.29) is 12.4 Å².